The molecule has 1 aromatic rings. The van der Waals surface area contributed by atoms with Crippen molar-refractivity contribution in [2.24, 2.45) is 0 Å². The first kappa shape index (κ1) is 19.4. The molecule has 0 radical (unpaired) electrons. The van der Waals surface area contributed by atoms with Gasteiger partial charge in [-0.15, -0.1) is 5.56 Å². The second-order valence-electron chi connectivity index (χ2n) is 6.47. The van der Waals surface area contributed by atoms with E-state index in [1.54, 1.807) is 0 Å². The molecule has 0 atom stereocenters. The van der Waals surface area contributed by atoms with Crippen LogP contribution in [0, 0.1) is 6.07 Å². The predicted molar refractivity (Wildman–Crippen MR) is 78.6 cm³/mol. The molecule has 1 heterocycles. The standard InChI is InChI=1S/C16H24N.BrH.Mg/c1-15(2)11-8-12-16(3,4)17(15)13-14-9-6-5-7-10-14;;/h6-7,9-10H,8,11-13H2,1-4H3;1H;/q-1;;+2/p-1. The van der Waals surface area contributed by atoms with Gasteiger partial charge in [0.1, 0.15) is 0 Å². The number of likely N-dealkylation sites (tertiary alicyclic amines) is 1. The van der Waals surface area contributed by atoms with E-state index in [1.807, 2.05) is 12.1 Å². The summed E-state index contributed by atoms with van der Waals surface area (Å²) in [7, 11) is 0. The van der Waals surface area contributed by atoms with E-state index in [4.69, 9.17) is 0 Å². The summed E-state index contributed by atoms with van der Waals surface area (Å²) in [5.41, 5.74) is 2.01. The molecule has 0 bridgehead atoms. The number of nitrogens with zero attached hydrogens (tertiary/aromatic N) is 1. The molecule has 1 nitrogen and oxygen atoms in total. The van der Waals surface area contributed by atoms with Crippen molar-refractivity contribution < 1.29 is 17.0 Å². The number of rotatable bonds is 2. The first-order valence-electron chi connectivity index (χ1n) is 6.65. The number of halogens is 1. The maximum absolute atomic E-state index is 3.09. The Bertz CT molecular complexity index is 360. The number of hydrogen-bond acceptors (Lipinski definition) is 1. The van der Waals surface area contributed by atoms with E-state index in [-0.39, 0.29) is 40.0 Å². The Labute approximate surface area is 145 Å². The van der Waals surface area contributed by atoms with Crippen LogP contribution in [0.1, 0.15) is 52.5 Å². The van der Waals surface area contributed by atoms with E-state index in [9.17, 15) is 0 Å². The molecule has 0 amide bonds. The van der Waals surface area contributed by atoms with E-state index in [2.05, 4.69) is 50.8 Å². The summed E-state index contributed by atoms with van der Waals surface area (Å²) in [6.45, 7) is 10.6. The topological polar surface area (TPSA) is 3.24 Å². The summed E-state index contributed by atoms with van der Waals surface area (Å²) in [4.78, 5) is 2.67. The van der Waals surface area contributed by atoms with E-state index < -0.39 is 0 Å². The van der Waals surface area contributed by atoms with E-state index in [1.165, 1.54) is 24.8 Å². The third kappa shape index (κ3) is 4.73. The van der Waals surface area contributed by atoms with Crippen LogP contribution in [-0.2, 0) is 6.54 Å². The van der Waals surface area contributed by atoms with Gasteiger partial charge in [-0.25, -0.2) is 0 Å². The minimum Gasteiger partial charge on any atom is -1.00 e. The molecule has 0 unspecified atom stereocenters. The van der Waals surface area contributed by atoms with Crippen molar-refractivity contribution in [3.05, 3.63) is 35.9 Å². The van der Waals surface area contributed by atoms with Crippen LogP contribution < -0.4 is 17.0 Å². The smallest absolute Gasteiger partial charge is 1.00 e. The van der Waals surface area contributed by atoms with Crippen molar-refractivity contribution in [2.45, 2.75) is 64.6 Å². The molecule has 1 fully saturated rings. The van der Waals surface area contributed by atoms with Gasteiger partial charge in [0.05, 0.1) is 0 Å². The van der Waals surface area contributed by atoms with Crippen LogP contribution in [0.25, 0.3) is 0 Å². The average molecular weight is 335 g/mol. The molecule has 0 N–H and O–H groups in total. The SMILES string of the molecule is CC1(C)CCCC(C)(C)N1Cc1cc[c-]cc1.[Br-].[Mg+2]. The molecule has 0 spiro atoms. The Morgan fingerprint density at radius 1 is 1.05 bits per heavy atom. The third-order valence-electron chi connectivity index (χ3n) is 4.17. The minimum absolute atomic E-state index is 0. The number of hydrogen-bond donors (Lipinski definition) is 0. The molecular formula is C16H24BrMgN. The summed E-state index contributed by atoms with van der Waals surface area (Å²) in [5.74, 6) is 0. The number of benzene rings is 1. The molecule has 1 saturated heterocycles. The van der Waals surface area contributed by atoms with Gasteiger partial charge in [0, 0.05) is 17.6 Å². The Kier molecular flexibility index (Phi) is 7.61. The molecule has 0 aliphatic carbocycles. The third-order valence-corrected chi connectivity index (χ3v) is 4.17. The molecule has 1 aromatic carbocycles. The van der Waals surface area contributed by atoms with Crippen molar-refractivity contribution in [3.63, 3.8) is 0 Å². The normalized spacial score (nSPS) is 21.1. The van der Waals surface area contributed by atoms with Gasteiger partial charge < -0.3 is 17.0 Å². The van der Waals surface area contributed by atoms with Crippen molar-refractivity contribution in [3.8, 4) is 0 Å². The molecule has 19 heavy (non-hydrogen) atoms. The molecule has 1 aliphatic rings. The average Bonchev–Trinajstić information content (AvgIpc) is 2.25. The monoisotopic (exact) mass is 333 g/mol. The van der Waals surface area contributed by atoms with Gasteiger partial charge in [-0.2, -0.15) is 30.3 Å². The molecule has 0 aromatic heterocycles. The Morgan fingerprint density at radius 3 is 2.00 bits per heavy atom. The molecule has 0 saturated carbocycles. The minimum atomic E-state index is 0. The van der Waals surface area contributed by atoms with Gasteiger partial charge in [0.15, 0.2) is 0 Å². The molecule has 3 heteroatoms. The van der Waals surface area contributed by atoms with Gasteiger partial charge >= 0.3 is 23.1 Å². The molecular weight excluding hydrogens is 310 g/mol. The predicted octanol–water partition coefficient (Wildman–Crippen LogP) is 0.653. The van der Waals surface area contributed by atoms with Crippen LogP contribution in [-0.4, -0.2) is 39.0 Å². The quantitative estimate of drug-likeness (QED) is 0.567. The zero-order chi connectivity index (χ0) is 12.5. The Morgan fingerprint density at radius 2 is 1.53 bits per heavy atom. The zero-order valence-corrected chi connectivity index (χ0v) is 15.7. The van der Waals surface area contributed by atoms with Crippen molar-refractivity contribution in [1.82, 2.24) is 4.90 Å². The summed E-state index contributed by atoms with van der Waals surface area (Å²) in [5, 5.41) is 0. The molecule has 102 valence electrons. The van der Waals surface area contributed by atoms with Crippen LogP contribution >= 0.6 is 0 Å². The summed E-state index contributed by atoms with van der Waals surface area (Å²) in [6, 6.07) is 11.5. The Hall–Kier alpha value is 0.426. The van der Waals surface area contributed by atoms with Crippen LogP contribution in [0.2, 0.25) is 0 Å². The van der Waals surface area contributed by atoms with Crippen LogP contribution in [0.4, 0.5) is 0 Å². The fraction of sp³-hybridized carbons (Fsp3) is 0.625. The fourth-order valence-corrected chi connectivity index (χ4v) is 3.18. The van der Waals surface area contributed by atoms with E-state index in [0.717, 1.165) is 6.54 Å². The second-order valence-corrected chi connectivity index (χ2v) is 6.47. The van der Waals surface area contributed by atoms with E-state index >= 15 is 0 Å². The van der Waals surface area contributed by atoms with Crippen LogP contribution in [0.3, 0.4) is 0 Å². The molecule has 1 aliphatic heterocycles. The van der Waals surface area contributed by atoms with Crippen molar-refractivity contribution in [1.29, 1.82) is 0 Å². The first-order chi connectivity index (χ1) is 7.92. The van der Waals surface area contributed by atoms with E-state index in [0.29, 0.717) is 11.1 Å². The van der Waals surface area contributed by atoms with Gasteiger partial charge in [-0.05, 0) is 47.0 Å². The van der Waals surface area contributed by atoms with Gasteiger partial charge in [0.2, 0.25) is 0 Å². The number of piperidine rings is 1. The Balaban J connectivity index is 0.00000162. The van der Waals surface area contributed by atoms with Gasteiger partial charge in [-0.1, -0.05) is 0 Å². The zero-order valence-electron chi connectivity index (χ0n) is 12.7. The van der Waals surface area contributed by atoms with Crippen LogP contribution in [0.5, 0.6) is 0 Å². The van der Waals surface area contributed by atoms with Gasteiger partial charge in [-0.3, -0.25) is 4.90 Å². The summed E-state index contributed by atoms with van der Waals surface area (Å²) < 4.78 is 0. The second kappa shape index (κ2) is 7.44. The maximum atomic E-state index is 3.09. The summed E-state index contributed by atoms with van der Waals surface area (Å²) in [6.07, 6.45) is 3.95. The summed E-state index contributed by atoms with van der Waals surface area (Å²) >= 11 is 0. The molecule has 2 rings (SSSR count). The van der Waals surface area contributed by atoms with Gasteiger partial charge in [0.25, 0.3) is 0 Å². The maximum Gasteiger partial charge on any atom is 2.00 e. The van der Waals surface area contributed by atoms with Crippen LogP contribution in [0.15, 0.2) is 24.3 Å². The largest absolute Gasteiger partial charge is 2.00 e. The fourth-order valence-electron chi connectivity index (χ4n) is 3.18. The van der Waals surface area contributed by atoms with Crippen molar-refractivity contribution in [2.75, 3.05) is 0 Å². The van der Waals surface area contributed by atoms with Crippen molar-refractivity contribution >= 4 is 23.1 Å². The first-order valence-corrected chi connectivity index (χ1v) is 6.65.